The highest BCUT2D eigenvalue weighted by Crippen LogP contribution is 2.27. The lowest BCUT2D eigenvalue weighted by atomic mass is 10.1. The summed E-state index contributed by atoms with van der Waals surface area (Å²) in [5.74, 6) is 0. The van der Waals surface area contributed by atoms with E-state index >= 15 is 0 Å². The van der Waals surface area contributed by atoms with E-state index in [2.05, 4.69) is 28.2 Å². The lowest BCUT2D eigenvalue weighted by molar-refractivity contribution is 0.404. The zero-order valence-corrected chi connectivity index (χ0v) is 10.5. The number of rotatable bonds is 3. The Morgan fingerprint density at radius 1 is 1.31 bits per heavy atom. The fourth-order valence-electron chi connectivity index (χ4n) is 2.59. The van der Waals surface area contributed by atoms with Crippen LogP contribution in [0, 0.1) is 6.92 Å². The maximum Gasteiger partial charge on any atom is 0.0638 e. The summed E-state index contributed by atoms with van der Waals surface area (Å²) in [4.78, 5) is 0. The van der Waals surface area contributed by atoms with Crippen molar-refractivity contribution in [1.29, 1.82) is 0 Å². The maximum atomic E-state index is 4.67. The first-order chi connectivity index (χ1) is 7.81. The van der Waals surface area contributed by atoms with Crippen molar-refractivity contribution >= 4 is 0 Å². The molecule has 0 amide bonds. The molecule has 0 aromatic carbocycles. The quantitative estimate of drug-likeness (QED) is 0.795. The Morgan fingerprint density at radius 3 is 2.62 bits per heavy atom. The number of hydrogen-bond acceptors (Lipinski definition) is 2. The molecule has 0 bridgehead atoms. The average molecular weight is 221 g/mol. The summed E-state index contributed by atoms with van der Waals surface area (Å²) in [5, 5.41) is 7.87. The summed E-state index contributed by atoms with van der Waals surface area (Å²) in [6, 6.07) is 0.645. The van der Waals surface area contributed by atoms with Gasteiger partial charge in [-0.15, -0.1) is 0 Å². The van der Waals surface area contributed by atoms with Gasteiger partial charge < -0.3 is 5.32 Å². The smallest absolute Gasteiger partial charge is 0.0638 e. The number of aryl methyl sites for hydroxylation is 1. The van der Waals surface area contributed by atoms with Crippen LogP contribution in [-0.2, 0) is 6.54 Å². The molecule has 1 aromatic rings. The van der Waals surface area contributed by atoms with Gasteiger partial charge in [-0.05, 0) is 26.8 Å². The van der Waals surface area contributed by atoms with Crippen molar-refractivity contribution in [1.82, 2.24) is 15.1 Å². The van der Waals surface area contributed by atoms with Crippen LogP contribution in [0.3, 0.4) is 0 Å². The highest BCUT2D eigenvalue weighted by molar-refractivity contribution is 5.15. The Balaban J connectivity index is 2.09. The summed E-state index contributed by atoms with van der Waals surface area (Å²) in [7, 11) is 1.99. The van der Waals surface area contributed by atoms with Gasteiger partial charge in [-0.2, -0.15) is 5.10 Å². The van der Waals surface area contributed by atoms with Gasteiger partial charge in [0.1, 0.15) is 0 Å². The van der Waals surface area contributed by atoms with E-state index in [4.69, 9.17) is 0 Å². The summed E-state index contributed by atoms with van der Waals surface area (Å²) in [6.07, 6.45) is 10.4. The van der Waals surface area contributed by atoms with Crippen LogP contribution in [0.4, 0.5) is 0 Å². The third-order valence-corrected chi connectivity index (χ3v) is 3.58. The van der Waals surface area contributed by atoms with Crippen molar-refractivity contribution in [3.05, 3.63) is 17.5 Å². The van der Waals surface area contributed by atoms with Crippen LogP contribution in [0.5, 0.6) is 0 Å². The van der Waals surface area contributed by atoms with Gasteiger partial charge >= 0.3 is 0 Å². The number of hydrogen-bond donors (Lipinski definition) is 1. The van der Waals surface area contributed by atoms with Crippen molar-refractivity contribution in [3.8, 4) is 0 Å². The predicted molar refractivity (Wildman–Crippen MR) is 66.5 cm³/mol. The minimum Gasteiger partial charge on any atom is -0.316 e. The molecule has 0 unspecified atom stereocenters. The third kappa shape index (κ3) is 2.64. The molecule has 0 atom stereocenters. The Hall–Kier alpha value is -0.830. The lowest BCUT2D eigenvalue weighted by Gasteiger charge is -2.14. The largest absolute Gasteiger partial charge is 0.316 e. The Morgan fingerprint density at radius 2 is 2.00 bits per heavy atom. The van der Waals surface area contributed by atoms with E-state index in [9.17, 15) is 0 Å². The van der Waals surface area contributed by atoms with Gasteiger partial charge in [0.05, 0.1) is 11.7 Å². The summed E-state index contributed by atoms with van der Waals surface area (Å²) in [6.45, 7) is 3.04. The van der Waals surface area contributed by atoms with Crippen LogP contribution >= 0.6 is 0 Å². The van der Waals surface area contributed by atoms with E-state index in [1.807, 2.05) is 7.05 Å². The molecule has 1 aromatic heterocycles. The number of aromatic nitrogens is 2. The minimum atomic E-state index is 0.645. The fourth-order valence-corrected chi connectivity index (χ4v) is 2.59. The van der Waals surface area contributed by atoms with Crippen molar-refractivity contribution in [2.24, 2.45) is 0 Å². The molecule has 1 heterocycles. The van der Waals surface area contributed by atoms with Crippen LogP contribution in [-0.4, -0.2) is 16.8 Å². The molecule has 0 aliphatic heterocycles. The molecular formula is C13H23N3. The van der Waals surface area contributed by atoms with Gasteiger partial charge in [0, 0.05) is 18.3 Å². The average Bonchev–Trinajstić information content (AvgIpc) is 2.54. The first kappa shape index (κ1) is 11.6. The van der Waals surface area contributed by atoms with Crippen LogP contribution in [0.25, 0.3) is 0 Å². The molecular weight excluding hydrogens is 198 g/mol. The van der Waals surface area contributed by atoms with Crippen LogP contribution < -0.4 is 5.32 Å². The molecule has 2 rings (SSSR count). The highest BCUT2D eigenvalue weighted by atomic mass is 15.3. The topological polar surface area (TPSA) is 29.9 Å². The van der Waals surface area contributed by atoms with E-state index in [1.54, 1.807) is 0 Å². The normalized spacial score (nSPS) is 18.6. The zero-order valence-electron chi connectivity index (χ0n) is 10.5. The summed E-state index contributed by atoms with van der Waals surface area (Å²) >= 11 is 0. The predicted octanol–water partition coefficient (Wildman–Crippen LogP) is 2.81. The molecule has 1 saturated carbocycles. The van der Waals surface area contributed by atoms with Crippen LogP contribution in [0.1, 0.15) is 55.8 Å². The zero-order chi connectivity index (χ0) is 11.4. The summed E-state index contributed by atoms with van der Waals surface area (Å²) < 4.78 is 2.22. The molecule has 3 heteroatoms. The van der Waals surface area contributed by atoms with E-state index in [0.29, 0.717) is 6.04 Å². The van der Waals surface area contributed by atoms with E-state index in [1.165, 1.54) is 49.8 Å². The third-order valence-electron chi connectivity index (χ3n) is 3.58. The molecule has 0 radical (unpaired) electrons. The molecule has 16 heavy (non-hydrogen) atoms. The maximum absolute atomic E-state index is 4.67. The number of nitrogens with zero attached hydrogens (tertiary/aromatic N) is 2. The van der Waals surface area contributed by atoms with Gasteiger partial charge in [-0.1, -0.05) is 25.7 Å². The van der Waals surface area contributed by atoms with Crippen molar-refractivity contribution < 1.29 is 0 Å². The lowest BCUT2D eigenvalue weighted by Crippen LogP contribution is -2.09. The molecule has 0 saturated heterocycles. The van der Waals surface area contributed by atoms with Crippen molar-refractivity contribution in [2.45, 2.75) is 58.0 Å². The van der Waals surface area contributed by atoms with Gasteiger partial charge in [-0.25, -0.2) is 0 Å². The van der Waals surface area contributed by atoms with Gasteiger partial charge in [0.15, 0.2) is 0 Å². The van der Waals surface area contributed by atoms with Gasteiger partial charge in [-0.3, -0.25) is 4.68 Å². The van der Waals surface area contributed by atoms with E-state index in [-0.39, 0.29) is 0 Å². The highest BCUT2D eigenvalue weighted by Gasteiger charge is 2.16. The Kier molecular flexibility index (Phi) is 3.99. The molecule has 1 fully saturated rings. The van der Waals surface area contributed by atoms with Crippen molar-refractivity contribution in [3.63, 3.8) is 0 Å². The van der Waals surface area contributed by atoms with E-state index in [0.717, 1.165) is 6.54 Å². The first-order valence-corrected chi connectivity index (χ1v) is 6.50. The standard InChI is InChI=1S/C13H23N3/c1-11-12(9-14-2)10-16(15-11)13-7-5-3-4-6-8-13/h10,13-14H,3-9H2,1-2H3. The second kappa shape index (κ2) is 5.48. The van der Waals surface area contributed by atoms with Gasteiger partial charge in [0.2, 0.25) is 0 Å². The second-order valence-corrected chi connectivity index (χ2v) is 4.90. The summed E-state index contributed by atoms with van der Waals surface area (Å²) in [5.41, 5.74) is 2.52. The molecule has 1 aliphatic carbocycles. The second-order valence-electron chi connectivity index (χ2n) is 4.90. The molecule has 1 aliphatic rings. The number of nitrogens with one attached hydrogen (secondary N) is 1. The van der Waals surface area contributed by atoms with Crippen LogP contribution in [0.2, 0.25) is 0 Å². The molecule has 3 nitrogen and oxygen atoms in total. The first-order valence-electron chi connectivity index (χ1n) is 6.50. The van der Waals surface area contributed by atoms with Crippen molar-refractivity contribution in [2.75, 3.05) is 7.05 Å². The monoisotopic (exact) mass is 221 g/mol. The Labute approximate surface area is 98.2 Å². The van der Waals surface area contributed by atoms with E-state index < -0.39 is 0 Å². The molecule has 1 N–H and O–H groups in total. The Bertz CT molecular complexity index is 322. The SMILES string of the molecule is CNCc1cn(C2CCCCCC2)nc1C. The van der Waals surface area contributed by atoms with Crippen LogP contribution in [0.15, 0.2) is 6.20 Å². The van der Waals surface area contributed by atoms with Gasteiger partial charge in [0.25, 0.3) is 0 Å². The molecule has 0 spiro atoms. The fraction of sp³-hybridized carbons (Fsp3) is 0.769. The molecule has 90 valence electrons. The minimum absolute atomic E-state index is 0.645.